The molecule has 144 valence electrons. The smallest absolute Gasteiger partial charge is 0.248 e. The number of nitrogens with one attached hydrogen (secondary N) is 1. The van der Waals surface area contributed by atoms with E-state index in [0.29, 0.717) is 23.8 Å². The molecule has 0 radical (unpaired) electrons. The van der Waals surface area contributed by atoms with Gasteiger partial charge in [-0.25, -0.2) is 0 Å². The molecule has 0 saturated heterocycles. The fraction of sp³-hybridized carbons (Fsp3) is 0.333. The monoisotopic (exact) mass is 369 g/mol. The number of nitrogens with two attached hydrogens (primary N) is 2. The van der Waals surface area contributed by atoms with Crippen LogP contribution in [0.1, 0.15) is 53.7 Å². The standard InChI is InChI=1S/C21H27N3O3/c1-14(2)15-3-5-16(6-4-15)19(22)13-24-20(25)11-12-27-18-9-7-17(8-10-18)21(23)26/h3-10,14,19H,11-13,22H2,1-2H3,(H2,23,26)(H,24,25). The van der Waals surface area contributed by atoms with Crippen LogP contribution in [0, 0.1) is 0 Å². The Labute approximate surface area is 159 Å². The molecule has 5 N–H and O–H groups in total. The molecular formula is C21H27N3O3. The number of primary amides is 1. The summed E-state index contributed by atoms with van der Waals surface area (Å²) in [6.07, 6.45) is 0.219. The minimum Gasteiger partial charge on any atom is -0.493 e. The molecule has 0 saturated carbocycles. The lowest BCUT2D eigenvalue weighted by Crippen LogP contribution is -2.32. The van der Waals surface area contributed by atoms with Crippen molar-refractivity contribution in [2.75, 3.05) is 13.2 Å². The number of carbonyl (C=O) groups excluding carboxylic acids is 2. The molecule has 0 bridgehead atoms. The maximum absolute atomic E-state index is 11.9. The van der Waals surface area contributed by atoms with E-state index in [1.807, 2.05) is 12.1 Å². The van der Waals surface area contributed by atoms with Crippen LogP contribution in [-0.4, -0.2) is 25.0 Å². The van der Waals surface area contributed by atoms with Crippen LogP contribution >= 0.6 is 0 Å². The molecular weight excluding hydrogens is 342 g/mol. The highest BCUT2D eigenvalue weighted by Gasteiger charge is 2.09. The average molecular weight is 369 g/mol. The highest BCUT2D eigenvalue weighted by molar-refractivity contribution is 5.92. The first-order chi connectivity index (χ1) is 12.9. The van der Waals surface area contributed by atoms with Crippen molar-refractivity contribution in [2.24, 2.45) is 11.5 Å². The number of benzene rings is 2. The Balaban J connectivity index is 1.71. The molecule has 2 amide bonds. The van der Waals surface area contributed by atoms with Crippen molar-refractivity contribution in [1.29, 1.82) is 0 Å². The van der Waals surface area contributed by atoms with Gasteiger partial charge in [-0.3, -0.25) is 9.59 Å². The first kappa shape index (κ1) is 20.5. The van der Waals surface area contributed by atoms with Gasteiger partial charge in [0.2, 0.25) is 11.8 Å². The van der Waals surface area contributed by atoms with Crippen molar-refractivity contribution < 1.29 is 14.3 Å². The van der Waals surface area contributed by atoms with E-state index < -0.39 is 5.91 Å². The van der Waals surface area contributed by atoms with Crippen LogP contribution in [-0.2, 0) is 4.79 Å². The molecule has 1 unspecified atom stereocenters. The average Bonchev–Trinajstić information content (AvgIpc) is 2.66. The van der Waals surface area contributed by atoms with Gasteiger partial charge in [0.15, 0.2) is 0 Å². The van der Waals surface area contributed by atoms with E-state index >= 15 is 0 Å². The molecule has 0 fully saturated rings. The van der Waals surface area contributed by atoms with Gasteiger partial charge in [-0.2, -0.15) is 0 Å². The SMILES string of the molecule is CC(C)c1ccc(C(N)CNC(=O)CCOc2ccc(C(N)=O)cc2)cc1. The van der Waals surface area contributed by atoms with Gasteiger partial charge in [-0.15, -0.1) is 0 Å². The maximum atomic E-state index is 11.9. The summed E-state index contributed by atoms with van der Waals surface area (Å²) in [5.74, 6) is 0.436. The number of hydrogen-bond donors (Lipinski definition) is 3. The van der Waals surface area contributed by atoms with E-state index in [1.54, 1.807) is 24.3 Å². The Hall–Kier alpha value is -2.86. The summed E-state index contributed by atoms with van der Waals surface area (Å²) >= 11 is 0. The Morgan fingerprint density at radius 3 is 2.15 bits per heavy atom. The Morgan fingerprint density at radius 2 is 1.59 bits per heavy atom. The third-order valence-corrected chi connectivity index (χ3v) is 4.29. The van der Waals surface area contributed by atoms with Gasteiger partial charge < -0.3 is 21.5 Å². The van der Waals surface area contributed by atoms with Gasteiger partial charge in [0.1, 0.15) is 5.75 Å². The lowest BCUT2D eigenvalue weighted by atomic mass is 9.99. The van der Waals surface area contributed by atoms with Crippen LogP contribution in [0.15, 0.2) is 48.5 Å². The second kappa shape index (κ2) is 9.73. The molecule has 2 aromatic carbocycles. The van der Waals surface area contributed by atoms with Gasteiger partial charge in [-0.1, -0.05) is 38.1 Å². The molecule has 2 aromatic rings. The number of ether oxygens (including phenoxy) is 1. The van der Waals surface area contributed by atoms with E-state index in [4.69, 9.17) is 16.2 Å². The summed E-state index contributed by atoms with van der Waals surface area (Å²) in [7, 11) is 0. The van der Waals surface area contributed by atoms with Gasteiger partial charge in [0, 0.05) is 18.2 Å². The van der Waals surface area contributed by atoms with Crippen molar-refractivity contribution in [3.63, 3.8) is 0 Å². The molecule has 2 rings (SSSR count). The minimum atomic E-state index is -0.490. The lowest BCUT2D eigenvalue weighted by molar-refractivity contribution is -0.121. The topological polar surface area (TPSA) is 107 Å². The largest absolute Gasteiger partial charge is 0.493 e. The molecule has 27 heavy (non-hydrogen) atoms. The molecule has 0 aliphatic carbocycles. The molecule has 0 heterocycles. The number of amides is 2. The van der Waals surface area contributed by atoms with Gasteiger partial charge in [0.25, 0.3) is 0 Å². The van der Waals surface area contributed by atoms with E-state index in [1.165, 1.54) is 5.56 Å². The molecule has 0 spiro atoms. The summed E-state index contributed by atoms with van der Waals surface area (Å²) in [6, 6.07) is 14.4. The van der Waals surface area contributed by atoms with E-state index in [2.05, 4.69) is 31.3 Å². The predicted molar refractivity (Wildman–Crippen MR) is 106 cm³/mol. The fourth-order valence-electron chi connectivity index (χ4n) is 2.54. The van der Waals surface area contributed by atoms with Gasteiger partial charge in [-0.05, 0) is 41.3 Å². The quantitative estimate of drug-likeness (QED) is 0.631. The Kier molecular flexibility index (Phi) is 7.37. The Morgan fingerprint density at radius 1 is 1.00 bits per heavy atom. The summed E-state index contributed by atoms with van der Waals surface area (Å²) < 4.78 is 5.49. The number of rotatable bonds is 9. The second-order valence-electron chi connectivity index (χ2n) is 6.72. The van der Waals surface area contributed by atoms with Crippen molar-refractivity contribution in [3.05, 3.63) is 65.2 Å². The second-order valence-corrected chi connectivity index (χ2v) is 6.72. The predicted octanol–water partition coefficient (Wildman–Crippen LogP) is 2.49. The van der Waals surface area contributed by atoms with Gasteiger partial charge in [0.05, 0.1) is 13.0 Å². The number of hydrogen-bond acceptors (Lipinski definition) is 4. The summed E-state index contributed by atoms with van der Waals surface area (Å²) in [5.41, 5.74) is 14.0. The normalized spacial score (nSPS) is 11.9. The van der Waals surface area contributed by atoms with Crippen molar-refractivity contribution in [1.82, 2.24) is 5.32 Å². The molecule has 0 aliphatic rings. The minimum absolute atomic E-state index is 0.127. The van der Waals surface area contributed by atoms with E-state index in [0.717, 1.165) is 5.56 Å². The molecule has 0 aliphatic heterocycles. The fourth-order valence-corrected chi connectivity index (χ4v) is 2.54. The summed E-state index contributed by atoms with van der Waals surface area (Å²) in [4.78, 5) is 23.0. The van der Waals surface area contributed by atoms with E-state index in [9.17, 15) is 9.59 Å². The third-order valence-electron chi connectivity index (χ3n) is 4.29. The van der Waals surface area contributed by atoms with Crippen LogP contribution < -0.4 is 21.5 Å². The summed E-state index contributed by atoms with van der Waals surface area (Å²) in [6.45, 7) is 4.89. The van der Waals surface area contributed by atoms with Crippen molar-refractivity contribution in [2.45, 2.75) is 32.2 Å². The van der Waals surface area contributed by atoms with E-state index in [-0.39, 0.29) is 25.0 Å². The van der Waals surface area contributed by atoms with Crippen LogP contribution in [0.3, 0.4) is 0 Å². The maximum Gasteiger partial charge on any atom is 0.248 e. The van der Waals surface area contributed by atoms with Gasteiger partial charge >= 0.3 is 0 Å². The molecule has 6 nitrogen and oxygen atoms in total. The first-order valence-corrected chi connectivity index (χ1v) is 9.01. The zero-order valence-corrected chi connectivity index (χ0v) is 15.8. The summed E-state index contributed by atoms with van der Waals surface area (Å²) in [5, 5.41) is 2.82. The lowest BCUT2D eigenvalue weighted by Gasteiger charge is -2.15. The van der Waals surface area contributed by atoms with Crippen LogP contribution in [0.2, 0.25) is 0 Å². The van der Waals surface area contributed by atoms with Crippen molar-refractivity contribution in [3.8, 4) is 5.75 Å². The highest BCUT2D eigenvalue weighted by atomic mass is 16.5. The van der Waals surface area contributed by atoms with Crippen molar-refractivity contribution >= 4 is 11.8 Å². The molecule has 6 heteroatoms. The Bertz CT molecular complexity index is 755. The highest BCUT2D eigenvalue weighted by Crippen LogP contribution is 2.17. The zero-order valence-electron chi connectivity index (χ0n) is 15.8. The molecule has 0 aromatic heterocycles. The number of carbonyl (C=O) groups is 2. The molecule has 1 atom stereocenters. The third kappa shape index (κ3) is 6.42. The van der Waals surface area contributed by atoms with Crippen LogP contribution in [0.4, 0.5) is 0 Å². The zero-order chi connectivity index (χ0) is 19.8. The van der Waals surface area contributed by atoms with Crippen LogP contribution in [0.25, 0.3) is 0 Å². The van der Waals surface area contributed by atoms with Crippen LogP contribution in [0.5, 0.6) is 5.75 Å². The first-order valence-electron chi connectivity index (χ1n) is 9.01.